The van der Waals surface area contributed by atoms with Gasteiger partial charge in [-0.15, -0.1) is 0 Å². The minimum absolute atomic E-state index is 0.162. The second-order valence-electron chi connectivity index (χ2n) is 5.45. The van der Waals surface area contributed by atoms with Crippen molar-refractivity contribution >= 4 is 17.5 Å². The summed E-state index contributed by atoms with van der Waals surface area (Å²) in [5, 5.41) is 11.7. The maximum atomic E-state index is 11.4. The predicted octanol–water partition coefficient (Wildman–Crippen LogP) is 3.73. The molecule has 0 radical (unpaired) electrons. The second-order valence-corrected chi connectivity index (χ2v) is 5.86. The average Bonchev–Trinajstić information content (AvgIpc) is 2.66. The van der Waals surface area contributed by atoms with Crippen LogP contribution in [0.25, 0.3) is 0 Å². The molecule has 0 aromatic heterocycles. The van der Waals surface area contributed by atoms with Crippen LogP contribution in [0.2, 0.25) is 5.02 Å². The van der Waals surface area contributed by atoms with Crippen molar-refractivity contribution in [3.63, 3.8) is 0 Å². The predicted molar refractivity (Wildman–Crippen MR) is 102 cm³/mol. The highest BCUT2D eigenvalue weighted by molar-refractivity contribution is 6.32. The summed E-state index contributed by atoms with van der Waals surface area (Å²) in [5.74, 6) is 1.47. The van der Waals surface area contributed by atoms with Crippen molar-refractivity contribution in [1.29, 1.82) is 5.26 Å². The zero-order valence-corrected chi connectivity index (χ0v) is 15.8. The number of para-hydroxylation sites is 1. The summed E-state index contributed by atoms with van der Waals surface area (Å²) in [4.78, 5) is 11.4. The van der Waals surface area contributed by atoms with Gasteiger partial charge in [0.1, 0.15) is 25.4 Å². The molecule has 0 saturated heterocycles. The van der Waals surface area contributed by atoms with E-state index in [-0.39, 0.29) is 12.3 Å². The van der Waals surface area contributed by atoms with E-state index in [4.69, 9.17) is 31.1 Å². The van der Waals surface area contributed by atoms with E-state index in [0.717, 1.165) is 5.56 Å². The van der Waals surface area contributed by atoms with E-state index in [1.54, 1.807) is 24.3 Å². The highest BCUT2D eigenvalue weighted by Gasteiger charge is 2.08. The number of carbonyl (C=O) groups excluding carboxylic acids is 1. The lowest BCUT2D eigenvalue weighted by atomic mass is 10.2. The van der Waals surface area contributed by atoms with Gasteiger partial charge in [0, 0.05) is 6.54 Å². The average molecular weight is 389 g/mol. The lowest BCUT2D eigenvalue weighted by Gasteiger charge is -2.14. The fourth-order valence-corrected chi connectivity index (χ4v) is 2.44. The Labute approximate surface area is 163 Å². The number of amides is 1. The smallest absolute Gasteiger partial charge is 0.234 e. The zero-order valence-electron chi connectivity index (χ0n) is 15.0. The SMILES string of the molecule is CCOc1cc(CNC(=O)CC#N)ccc1OCCOc1ccccc1Cl. The molecule has 0 bridgehead atoms. The van der Waals surface area contributed by atoms with E-state index >= 15 is 0 Å². The minimum atomic E-state index is -0.312. The largest absolute Gasteiger partial charge is 0.490 e. The van der Waals surface area contributed by atoms with E-state index in [1.807, 2.05) is 31.2 Å². The molecule has 0 unspecified atom stereocenters. The van der Waals surface area contributed by atoms with Crippen molar-refractivity contribution in [1.82, 2.24) is 5.32 Å². The summed E-state index contributed by atoms with van der Waals surface area (Å²) in [6.07, 6.45) is -0.162. The molecule has 0 spiro atoms. The third-order valence-electron chi connectivity index (χ3n) is 3.47. The Balaban J connectivity index is 1.90. The van der Waals surface area contributed by atoms with Crippen LogP contribution in [0.4, 0.5) is 0 Å². The Kier molecular flexibility index (Phi) is 8.27. The van der Waals surface area contributed by atoms with Gasteiger partial charge in [-0.05, 0) is 36.8 Å². The van der Waals surface area contributed by atoms with Gasteiger partial charge in [-0.3, -0.25) is 4.79 Å². The van der Waals surface area contributed by atoms with Crippen molar-refractivity contribution in [3.05, 3.63) is 53.1 Å². The lowest BCUT2D eigenvalue weighted by molar-refractivity contribution is -0.120. The fourth-order valence-electron chi connectivity index (χ4n) is 2.25. The molecule has 0 aliphatic rings. The number of rotatable bonds is 10. The molecule has 0 aliphatic heterocycles. The van der Waals surface area contributed by atoms with Crippen LogP contribution in [0.3, 0.4) is 0 Å². The first kappa shape index (κ1) is 20.4. The molecule has 2 aromatic rings. The molecule has 0 fully saturated rings. The third-order valence-corrected chi connectivity index (χ3v) is 3.78. The zero-order chi connectivity index (χ0) is 19.5. The van der Waals surface area contributed by atoms with Crippen molar-refractivity contribution in [2.75, 3.05) is 19.8 Å². The van der Waals surface area contributed by atoms with Crippen LogP contribution < -0.4 is 19.5 Å². The Hall–Kier alpha value is -2.91. The monoisotopic (exact) mass is 388 g/mol. The van der Waals surface area contributed by atoms with E-state index < -0.39 is 0 Å². The van der Waals surface area contributed by atoms with Crippen LogP contribution in [-0.4, -0.2) is 25.7 Å². The van der Waals surface area contributed by atoms with Gasteiger partial charge in [-0.25, -0.2) is 0 Å². The van der Waals surface area contributed by atoms with Gasteiger partial charge in [0.05, 0.1) is 17.7 Å². The standard InChI is InChI=1S/C20H21ClN2O4/c1-2-25-19-13-15(14-23-20(24)9-10-22)7-8-18(19)27-12-11-26-17-6-4-3-5-16(17)21/h3-8,13H,2,9,11-12,14H2,1H3,(H,23,24). The molecule has 0 heterocycles. The minimum Gasteiger partial charge on any atom is -0.490 e. The van der Waals surface area contributed by atoms with Gasteiger partial charge in [0.25, 0.3) is 0 Å². The quantitative estimate of drug-likeness (QED) is 0.627. The maximum absolute atomic E-state index is 11.4. The first-order valence-electron chi connectivity index (χ1n) is 8.53. The van der Waals surface area contributed by atoms with Gasteiger partial charge >= 0.3 is 0 Å². The third kappa shape index (κ3) is 6.72. The Morgan fingerprint density at radius 3 is 2.52 bits per heavy atom. The molecule has 0 aliphatic carbocycles. The summed E-state index contributed by atoms with van der Waals surface area (Å²) < 4.78 is 17.0. The number of nitrogens with one attached hydrogen (secondary N) is 1. The van der Waals surface area contributed by atoms with Crippen LogP contribution >= 0.6 is 11.6 Å². The maximum Gasteiger partial charge on any atom is 0.234 e. The first-order valence-corrected chi connectivity index (χ1v) is 8.91. The normalized spacial score (nSPS) is 9.96. The first-order chi connectivity index (χ1) is 13.1. The van der Waals surface area contributed by atoms with Gasteiger partial charge in [-0.1, -0.05) is 29.8 Å². The summed E-state index contributed by atoms with van der Waals surface area (Å²) in [6, 6.07) is 14.5. The van der Waals surface area contributed by atoms with E-state index in [1.165, 1.54) is 0 Å². The van der Waals surface area contributed by atoms with Crippen molar-refractivity contribution < 1.29 is 19.0 Å². The fraction of sp³-hybridized carbons (Fsp3) is 0.300. The van der Waals surface area contributed by atoms with E-state index in [0.29, 0.717) is 48.6 Å². The molecule has 0 atom stereocenters. The number of nitrogens with zero attached hydrogens (tertiary/aromatic N) is 1. The van der Waals surface area contributed by atoms with Crippen LogP contribution in [0, 0.1) is 11.3 Å². The molecule has 1 N–H and O–H groups in total. The van der Waals surface area contributed by atoms with E-state index in [2.05, 4.69) is 5.32 Å². The molecule has 6 nitrogen and oxygen atoms in total. The lowest BCUT2D eigenvalue weighted by Crippen LogP contribution is -2.21. The van der Waals surface area contributed by atoms with Gasteiger partial charge < -0.3 is 19.5 Å². The van der Waals surface area contributed by atoms with Crippen molar-refractivity contribution in [2.45, 2.75) is 19.9 Å². The number of hydrogen-bond donors (Lipinski definition) is 1. The number of ether oxygens (including phenoxy) is 3. The van der Waals surface area contributed by atoms with Crippen molar-refractivity contribution in [2.24, 2.45) is 0 Å². The number of benzene rings is 2. The summed E-state index contributed by atoms with van der Waals surface area (Å²) in [7, 11) is 0. The Morgan fingerprint density at radius 2 is 1.81 bits per heavy atom. The molecule has 0 saturated carbocycles. The topological polar surface area (TPSA) is 80.6 Å². The Bertz CT molecular complexity index is 805. The second kappa shape index (κ2) is 10.9. The summed E-state index contributed by atoms with van der Waals surface area (Å²) in [6.45, 7) is 3.34. The van der Waals surface area contributed by atoms with Crippen LogP contribution in [0.5, 0.6) is 17.2 Å². The number of carbonyl (C=O) groups is 1. The van der Waals surface area contributed by atoms with Crippen LogP contribution in [0.1, 0.15) is 18.9 Å². The van der Waals surface area contributed by atoms with Crippen molar-refractivity contribution in [3.8, 4) is 23.3 Å². The Morgan fingerprint density at radius 1 is 1.07 bits per heavy atom. The number of nitriles is 1. The molecule has 2 aromatic carbocycles. The molecule has 142 valence electrons. The summed E-state index contributed by atoms with van der Waals surface area (Å²) in [5.41, 5.74) is 0.851. The van der Waals surface area contributed by atoms with Crippen LogP contribution in [0.15, 0.2) is 42.5 Å². The highest BCUT2D eigenvalue weighted by atomic mass is 35.5. The molecule has 2 rings (SSSR count). The van der Waals surface area contributed by atoms with Crippen LogP contribution in [-0.2, 0) is 11.3 Å². The molecule has 1 amide bonds. The number of hydrogen-bond acceptors (Lipinski definition) is 5. The molecular formula is C20H21ClN2O4. The molecule has 7 heteroatoms. The van der Waals surface area contributed by atoms with Gasteiger partial charge in [0.2, 0.25) is 5.91 Å². The van der Waals surface area contributed by atoms with E-state index in [9.17, 15) is 4.79 Å². The van der Waals surface area contributed by atoms with Gasteiger partial charge in [-0.2, -0.15) is 5.26 Å². The highest BCUT2D eigenvalue weighted by Crippen LogP contribution is 2.29. The van der Waals surface area contributed by atoms with Gasteiger partial charge in [0.15, 0.2) is 11.5 Å². The summed E-state index contributed by atoms with van der Waals surface area (Å²) >= 11 is 6.04. The number of halogens is 1. The molecular weight excluding hydrogens is 368 g/mol. The molecule has 27 heavy (non-hydrogen) atoms.